The van der Waals surface area contributed by atoms with Crippen LogP contribution in [0.1, 0.15) is 24.5 Å². The van der Waals surface area contributed by atoms with Crippen molar-refractivity contribution in [2.24, 2.45) is 18.0 Å². The Kier molecular flexibility index (Phi) is 10.1. The highest BCUT2D eigenvalue weighted by atomic mass is 127. The highest BCUT2D eigenvalue weighted by Gasteiger charge is 2.28. The lowest BCUT2D eigenvalue weighted by Gasteiger charge is -2.16. The molecule has 1 fully saturated rings. The van der Waals surface area contributed by atoms with Crippen molar-refractivity contribution in [2.45, 2.75) is 26.2 Å². The van der Waals surface area contributed by atoms with Crippen molar-refractivity contribution in [1.82, 2.24) is 25.3 Å². The van der Waals surface area contributed by atoms with Gasteiger partial charge in [0, 0.05) is 58.3 Å². The molecular formula is C22H33IN6O. The van der Waals surface area contributed by atoms with Gasteiger partial charge < -0.3 is 15.5 Å². The molecule has 1 saturated heterocycles. The molecule has 0 spiro atoms. The maximum atomic E-state index is 12.3. The summed E-state index contributed by atoms with van der Waals surface area (Å²) in [6.45, 7) is 5.91. The minimum Gasteiger partial charge on any atom is -0.357 e. The minimum atomic E-state index is 0. The van der Waals surface area contributed by atoms with Crippen LogP contribution in [0.15, 0.2) is 47.7 Å². The Labute approximate surface area is 196 Å². The zero-order valence-electron chi connectivity index (χ0n) is 17.9. The number of carbonyl (C=O) groups excluding carboxylic acids is 1. The van der Waals surface area contributed by atoms with Crippen LogP contribution in [-0.4, -0.2) is 59.3 Å². The van der Waals surface area contributed by atoms with Crippen LogP contribution in [0.25, 0.3) is 0 Å². The summed E-state index contributed by atoms with van der Waals surface area (Å²) >= 11 is 0. The monoisotopic (exact) mass is 524 g/mol. The molecule has 1 aromatic carbocycles. The molecule has 0 saturated carbocycles. The average molecular weight is 524 g/mol. The second-order valence-electron chi connectivity index (χ2n) is 7.56. The summed E-state index contributed by atoms with van der Waals surface area (Å²) in [5, 5.41) is 10.9. The van der Waals surface area contributed by atoms with Gasteiger partial charge in [-0.3, -0.25) is 14.5 Å². The third-order valence-electron chi connectivity index (χ3n) is 5.12. The van der Waals surface area contributed by atoms with E-state index in [1.165, 1.54) is 11.1 Å². The first-order valence-electron chi connectivity index (χ1n) is 10.5. The molecule has 3 rings (SSSR count). The van der Waals surface area contributed by atoms with E-state index in [0.717, 1.165) is 45.0 Å². The average Bonchev–Trinajstić information content (AvgIpc) is 3.30. The Bertz CT molecular complexity index is 807. The topological polar surface area (TPSA) is 74.6 Å². The SMILES string of the molecule is CCNC(=NCC1CC(=O)N(CCc2ccccc2)C1)NCCc1cnn(C)c1.I. The van der Waals surface area contributed by atoms with E-state index < -0.39 is 0 Å². The molecule has 2 heterocycles. The number of rotatable bonds is 9. The number of nitrogens with zero attached hydrogens (tertiary/aromatic N) is 4. The van der Waals surface area contributed by atoms with Crippen LogP contribution in [-0.2, 0) is 24.7 Å². The summed E-state index contributed by atoms with van der Waals surface area (Å²) in [4.78, 5) is 19.0. The van der Waals surface area contributed by atoms with E-state index in [-0.39, 0.29) is 35.8 Å². The normalized spacial score (nSPS) is 16.5. The van der Waals surface area contributed by atoms with Crippen molar-refractivity contribution < 1.29 is 4.79 Å². The Hall–Kier alpha value is -2.10. The molecule has 2 aromatic rings. The second-order valence-corrected chi connectivity index (χ2v) is 7.56. The molecule has 1 unspecified atom stereocenters. The summed E-state index contributed by atoms with van der Waals surface area (Å²) in [7, 11) is 1.93. The van der Waals surface area contributed by atoms with E-state index in [2.05, 4.69) is 34.8 Å². The van der Waals surface area contributed by atoms with Gasteiger partial charge >= 0.3 is 0 Å². The van der Waals surface area contributed by atoms with Crippen molar-refractivity contribution in [3.63, 3.8) is 0 Å². The first-order chi connectivity index (χ1) is 14.1. The zero-order valence-corrected chi connectivity index (χ0v) is 20.2. The maximum Gasteiger partial charge on any atom is 0.223 e. The minimum absolute atomic E-state index is 0. The third-order valence-corrected chi connectivity index (χ3v) is 5.12. The third kappa shape index (κ3) is 7.62. The lowest BCUT2D eigenvalue weighted by molar-refractivity contribution is -0.127. The van der Waals surface area contributed by atoms with Crippen LogP contribution in [0.3, 0.4) is 0 Å². The molecule has 0 bridgehead atoms. The lowest BCUT2D eigenvalue weighted by atomic mass is 10.1. The number of aromatic nitrogens is 2. The zero-order chi connectivity index (χ0) is 20.5. The molecular weight excluding hydrogens is 491 g/mol. The number of hydrogen-bond acceptors (Lipinski definition) is 3. The van der Waals surface area contributed by atoms with Crippen LogP contribution in [0.5, 0.6) is 0 Å². The molecule has 1 aliphatic heterocycles. The van der Waals surface area contributed by atoms with Crippen molar-refractivity contribution in [2.75, 3.05) is 32.7 Å². The van der Waals surface area contributed by atoms with Crippen LogP contribution in [0.2, 0.25) is 0 Å². The molecule has 0 aliphatic carbocycles. The van der Waals surface area contributed by atoms with Gasteiger partial charge in [0.1, 0.15) is 0 Å². The smallest absolute Gasteiger partial charge is 0.223 e. The van der Waals surface area contributed by atoms with Gasteiger partial charge in [-0.2, -0.15) is 5.10 Å². The number of nitrogens with one attached hydrogen (secondary N) is 2. The van der Waals surface area contributed by atoms with E-state index in [4.69, 9.17) is 4.99 Å². The predicted molar refractivity (Wildman–Crippen MR) is 131 cm³/mol. The van der Waals surface area contributed by atoms with Gasteiger partial charge in [0.05, 0.1) is 6.20 Å². The Morgan fingerprint density at radius 1 is 1.20 bits per heavy atom. The molecule has 1 aliphatic rings. The number of carbonyl (C=O) groups is 1. The molecule has 1 amide bonds. The summed E-state index contributed by atoms with van der Waals surface area (Å²) < 4.78 is 1.81. The molecule has 7 nitrogen and oxygen atoms in total. The summed E-state index contributed by atoms with van der Waals surface area (Å²) in [6, 6.07) is 10.3. The van der Waals surface area contributed by atoms with Gasteiger partial charge in [-0.25, -0.2) is 0 Å². The quantitative estimate of drug-likeness (QED) is 0.300. The fourth-order valence-corrected chi connectivity index (χ4v) is 3.59. The molecule has 1 atom stereocenters. The number of benzene rings is 1. The number of hydrogen-bond donors (Lipinski definition) is 2. The molecule has 0 radical (unpaired) electrons. The van der Waals surface area contributed by atoms with E-state index in [9.17, 15) is 4.79 Å². The number of likely N-dealkylation sites (tertiary alicyclic amines) is 1. The van der Waals surface area contributed by atoms with Gasteiger partial charge in [0.15, 0.2) is 5.96 Å². The Morgan fingerprint density at radius 2 is 2.00 bits per heavy atom. The van der Waals surface area contributed by atoms with E-state index in [1.807, 2.05) is 47.2 Å². The first-order valence-corrected chi connectivity index (χ1v) is 10.5. The van der Waals surface area contributed by atoms with Crippen LogP contribution < -0.4 is 10.6 Å². The Balaban J connectivity index is 0.00000320. The fourth-order valence-electron chi connectivity index (χ4n) is 3.59. The highest BCUT2D eigenvalue weighted by molar-refractivity contribution is 14.0. The summed E-state index contributed by atoms with van der Waals surface area (Å²) in [6.07, 6.45) is 6.31. The number of halogens is 1. The van der Waals surface area contributed by atoms with E-state index in [1.54, 1.807) is 0 Å². The molecule has 164 valence electrons. The number of aliphatic imine (C=N–C) groups is 1. The Morgan fingerprint density at radius 3 is 2.70 bits per heavy atom. The largest absolute Gasteiger partial charge is 0.357 e. The maximum absolute atomic E-state index is 12.3. The standard InChI is InChI=1S/C22H32N6O.HI/c1-3-23-22(24-11-9-19-15-26-27(2)16-19)25-14-20-13-21(29)28(17-20)12-10-18-7-5-4-6-8-18;/h4-8,15-16,20H,3,9-14,17H2,1-2H3,(H2,23,24,25);1H. The molecule has 2 N–H and O–H groups in total. The second kappa shape index (κ2) is 12.6. The number of aryl methyl sites for hydroxylation is 1. The van der Waals surface area contributed by atoms with Crippen molar-refractivity contribution in [3.8, 4) is 0 Å². The molecule has 30 heavy (non-hydrogen) atoms. The van der Waals surface area contributed by atoms with Gasteiger partial charge in [-0.05, 0) is 30.9 Å². The van der Waals surface area contributed by atoms with Crippen molar-refractivity contribution in [1.29, 1.82) is 0 Å². The number of guanidine groups is 1. The molecule has 1 aromatic heterocycles. The van der Waals surface area contributed by atoms with Gasteiger partial charge in [0.25, 0.3) is 0 Å². The van der Waals surface area contributed by atoms with Crippen LogP contribution in [0, 0.1) is 5.92 Å². The van der Waals surface area contributed by atoms with Gasteiger partial charge in [0.2, 0.25) is 5.91 Å². The molecule has 8 heteroatoms. The first kappa shape index (κ1) is 24.2. The summed E-state index contributed by atoms with van der Waals surface area (Å²) in [5.41, 5.74) is 2.47. The summed E-state index contributed by atoms with van der Waals surface area (Å²) in [5.74, 6) is 1.34. The van der Waals surface area contributed by atoms with Gasteiger partial charge in [-0.15, -0.1) is 24.0 Å². The van der Waals surface area contributed by atoms with Crippen LogP contribution >= 0.6 is 24.0 Å². The lowest BCUT2D eigenvalue weighted by Crippen LogP contribution is -2.38. The number of amides is 1. The van der Waals surface area contributed by atoms with Gasteiger partial charge in [-0.1, -0.05) is 30.3 Å². The predicted octanol–water partition coefficient (Wildman–Crippen LogP) is 2.23. The van der Waals surface area contributed by atoms with E-state index in [0.29, 0.717) is 13.0 Å². The highest BCUT2D eigenvalue weighted by Crippen LogP contribution is 2.18. The fraction of sp³-hybridized carbons (Fsp3) is 0.500. The van der Waals surface area contributed by atoms with E-state index >= 15 is 0 Å². The van der Waals surface area contributed by atoms with Crippen LogP contribution in [0.4, 0.5) is 0 Å². The van der Waals surface area contributed by atoms with Crippen molar-refractivity contribution >= 4 is 35.8 Å². The van der Waals surface area contributed by atoms with Crippen molar-refractivity contribution in [3.05, 3.63) is 53.9 Å².